The number of carbonyl (C=O) groups is 2. The van der Waals surface area contributed by atoms with Gasteiger partial charge < -0.3 is 21.7 Å². The molecule has 1 saturated carbocycles. The third-order valence-corrected chi connectivity index (χ3v) is 1.95. The number of rotatable bonds is 0. The summed E-state index contributed by atoms with van der Waals surface area (Å²) in [5, 5.41) is 14.8. The van der Waals surface area contributed by atoms with Crippen molar-refractivity contribution in [3.8, 4) is 0 Å². The molecule has 7 heteroatoms. The van der Waals surface area contributed by atoms with Crippen LogP contribution >= 0.6 is 0 Å². The van der Waals surface area contributed by atoms with Crippen LogP contribution in [0.3, 0.4) is 0 Å². The van der Waals surface area contributed by atoms with E-state index in [4.69, 9.17) is 31.3 Å². The minimum Gasteiger partial charge on any atom is -0.676 e. The van der Waals surface area contributed by atoms with E-state index < -0.39 is 11.9 Å². The van der Waals surface area contributed by atoms with Crippen LogP contribution in [0, 0.1) is 0 Å². The van der Waals surface area contributed by atoms with Gasteiger partial charge in [0.05, 0.1) is 0 Å². The second-order valence-corrected chi connectivity index (χ2v) is 3.11. The smallest absolute Gasteiger partial charge is 0.676 e. The number of carboxylic acid groups (broad SMARTS) is 2. The Morgan fingerprint density at radius 2 is 1.20 bits per heavy atom. The summed E-state index contributed by atoms with van der Waals surface area (Å²) in [6.07, 6.45) is 4.25. The zero-order chi connectivity index (χ0) is 11.1. The van der Waals surface area contributed by atoms with Gasteiger partial charge in [-0.15, -0.1) is 0 Å². The topological polar surface area (TPSA) is 122 Å². The van der Waals surface area contributed by atoms with Crippen LogP contribution in [0.1, 0.15) is 25.7 Å². The van der Waals surface area contributed by atoms with Gasteiger partial charge in [-0.2, -0.15) is 12.1 Å². The molecule has 1 aliphatic rings. The Kier molecular flexibility index (Phi) is 9.98. The van der Waals surface area contributed by atoms with Gasteiger partial charge in [0.2, 0.25) is 0 Å². The molecule has 90 valence electrons. The van der Waals surface area contributed by atoms with Crippen LogP contribution in [0.2, 0.25) is 0 Å². The molecule has 0 saturated heterocycles. The van der Waals surface area contributed by atoms with E-state index in [2.05, 4.69) is 0 Å². The summed E-state index contributed by atoms with van der Waals surface area (Å²) < 4.78 is 0. The molecule has 0 amide bonds. The Hall–Kier alpha value is -0.452. The van der Waals surface area contributed by atoms with Crippen molar-refractivity contribution in [2.75, 3.05) is 0 Å². The Bertz CT molecular complexity index is 191. The fraction of sp³-hybridized carbons (Fsp3) is 0.750. The van der Waals surface area contributed by atoms with Crippen LogP contribution < -0.4 is 0 Å². The van der Waals surface area contributed by atoms with Crippen molar-refractivity contribution < 1.29 is 40.9 Å². The third kappa shape index (κ3) is 8.54. The predicted molar refractivity (Wildman–Crippen MR) is 50.0 cm³/mol. The van der Waals surface area contributed by atoms with Crippen molar-refractivity contribution in [2.24, 2.45) is 0 Å². The minimum atomic E-state index is -1.82. The van der Waals surface area contributed by atoms with Crippen molar-refractivity contribution >= 4 is 11.9 Å². The van der Waals surface area contributed by atoms with Gasteiger partial charge in [-0.3, -0.25) is 0 Å². The molecule has 1 rings (SSSR count). The van der Waals surface area contributed by atoms with E-state index in [-0.39, 0.29) is 33.1 Å². The Morgan fingerprint density at radius 3 is 1.33 bits per heavy atom. The van der Waals surface area contributed by atoms with Gasteiger partial charge in [-0.05, 0) is 0 Å². The molecule has 1 fully saturated rings. The molecule has 0 bridgehead atoms. The molecule has 0 aromatic carbocycles. The molecule has 6 nitrogen and oxygen atoms in total. The average molecular weight is 397 g/mol. The van der Waals surface area contributed by atoms with E-state index in [0.717, 1.165) is 12.8 Å². The van der Waals surface area contributed by atoms with E-state index in [1.54, 1.807) is 0 Å². The molecular weight excluding hydrogens is 383 g/mol. The molecule has 0 unspecified atom stereocenters. The number of hydrogen-bond acceptors (Lipinski definition) is 2. The largest absolute Gasteiger partial charge is 2.00 e. The van der Waals surface area contributed by atoms with E-state index in [1.807, 2.05) is 0 Å². The average Bonchev–Trinajstić information content (AvgIpc) is 2.11. The molecule has 0 spiro atoms. The maximum absolute atomic E-state index is 9.10. The van der Waals surface area contributed by atoms with E-state index in [9.17, 15) is 0 Å². The molecule has 0 aromatic rings. The predicted octanol–water partition coefficient (Wildman–Crippen LogP) is 1.56. The number of nitrogens with one attached hydrogen (secondary N) is 2. The van der Waals surface area contributed by atoms with E-state index in [0.29, 0.717) is 0 Å². The fourth-order valence-corrected chi connectivity index (χ4v) is 1.13. The molecule has 0 aliphatic heterocycles. The summed E-state index contributed by atoms with van der Waals surface area (Å²) in [7, 11) is 0. The molecule has 2 atom stereocenters. The van der Waals surface area contributed by atoms with Gasteiger partial charge in [-0.1, -0.05) is 25.7 Å². The molecule has 0 heterocycles. The first-order valence-corrected chi connectivity index (χ1v) is 4.33. The van der Waals surface area contributed by atoms with Gasteiger partial charge in [0.15, 0.2) is 0 Å². The third-order valence-electron chi connectivity index (χ3n) is 1.95. The van der Waals surface area contributed by atoms with Crippen molar-refractivity contribution in [1.29, 1.82) is 0 Å². The second-order valence-electron chi connectivity index (χ2n) is 3.11. The van der Waals surface area contributed by atoms with Crippen LogP contribution in [0.4, 0.5) is 0 Å². The van der Waals surface area contributed by atoms with Crippen LogP contribution in [0.5, 0.6) is 0 Å². The molecular formula is C8H14N2O4Pt. The van der Waals surface area contributed by atoms with Crippen LogP contribution in [-0.4, -0.2) is 34.2 Å². The first kappa shape index (κ1) is 17.0. The molecule has 1 aliphatic carbocycles. The Labute approximate surface area is 102 Å². The zero-order valence-electron chi connectivity index (χ0n) is 8.01. The van der Waals surface area contributed by atoms with E-state index >= 15 is 0 Å². The normalized spacial score (nSPS) is 24.1. The standard InChI is InChI=1S/C6H12N2.C2H2O4.Pt/c7-5-3-1-2-4-6(5)8;3-1(4)2(5)6;/h5-8H,1-4H2;(H,3,4)(H,5,6);/q-2;;+2/t5-,6-;;/m0../s1. The second kappa shape index (κ2) is 8.82. The summed E-state index contributed by atoms with van der Waals surface area (Å²) in [5.74, 6) is -3.65. The first-order valence-electron chi connectivity index (χ1n) is 4.33. The van der Waals surface area contributed by atoms with Crippen molar-refractivity contribution in [3.05, 3.63) is 11.5 Å². The van der Waals surface area contributed by atoms with Gasteiger partial charge >= 0.3 is 33.0 Å². The van der Waals surface area contributed by atoms with Gasteiger partial charge in [0.25, 0.3) is 0 Å². The maximum atomic E-state index is 9.10. The summed E-state index contributed by atoms with van der Waals surface area (Å²) in [4.78, 5) is 18.2. The van der Waals surface area contributed by atoms with Gasteiger partial charge in [0.1, 0.15) is 0 Å². The van der Waals surface area contributed by atoms with Gasteiger partial charge in [0, 0.05) is 0 Å². The Balaban J connectivity index is 0. The Morgan fingerprint density at radius 1 is 0.933 bits per heavy atom. The quantitative estimate of drug-likeness (QED) is 0.602. The summed E-state index contributed by atoms with van der Waals surface area (Å²) in [6.45, 7) is 0. The molecule has 4 N–H and O–H groups in total. The number of carboxylic acids is 2. The minimum absolute atomic E-state index is 0. The summed E-state index contributed by atoms with van der Waals surface area (Å²) >= 11 is 0. The van der Waals surface area contributed by atoms with Gasteiger partial charge in [-0.25, -0.2) is 9.59 Å². The van der Waals surface area contributed by atoms with E-state index in [1.165, 1.54) is 12.8 Å². The SMILES string of the molecule is O=C(O)C(=O)O.[NH-][C@H]1CCCC[C@@H]1[NH-].[Pt+2]. The van der Waals surface area contributed by atoms with Crippen LogP contribution in [0.15, 0.2) is 0 Å². The summed E-state index contributed by atoms with van der Waals surface area (Å²) in [6, 6.07) is -0.160. The van der Waals surface area contributed by atoms with Crippen LogP contribution in [0.25, 0.3) is 11.5 Å². The van der Waals surface area contributed by atoms with Crippen molar-refractivity contribution in [1.82, 2.24) is 0 Å². The van der Waals surface area contributed by atoms with Crippen LogP contribution in [-0.2, 0) is 30.7 Å². The molecule has 0 radical (unpaired) electrons. The number of aliphatic carboxylic acids is 2. The first-order chi connectivity index (χ1) is 6.45. The summed E-state index contributed by atoms with van der Waals surface area (Å²) in [5.41, 5.74) is 14.6. The van der Waals surface area contributed by atoms with Crippen molar-refractivity contribution in [2.45, 2.75) is 37.8 Å². The van der Waals surface area contributed by atoms with Crippen molar-refractivity contribution in [3.63, 3.8) is 0 Å². The maximum Gasteiger partial charge on any atom is 2.00 e. The fourth-order valence-electron chi connectivity index (χ4n) is 1.13. The number of hydrogen-bond donors (Lipinski definition) is 2. The molecule has 15 heavy (non-hydrogen) atoms. The zero-order valence-corrected chi connectivity index (χ0v) is 10.3. The monoisotopic (exact) mass is 397 g/mol. The molecule has 0 aromatic heterocycles.